The monoisotopic (exact) mass is 418 g/mol. The molecule has 0 bridgehead atoms. The lowest BCUT2D eigenvalue weighted by Crippen LogP contribution is -2.18. The summed E-state index contributed by atoms with van der Waals surface area (Å²) in [6.07, 6.45) is 1.41. The van der Waals surface area contributed by atoms with Crippen molar-refractivity contribution in [3.05, 3.63) is 82.1 Å². The Morgan fingerprint density at radius 1 is 0.714 bits per heavy atom. The smallest absolute Gasteiger partial charge is 0.132 e. The van der Waals surface area contributed by atoms with E-state index in [1.165, 1.54) is 6.33 Å². The van der Waals surface area contributed by atoms with E-state index in [1.807, 2.05) is 24.3 Å². The number of benzene rings is 2. The van der Waals surface area contributed by atoms with Crippen molar-refractivity contribution >= 4 is 34.8 Å². The Labute approximate surface area is 173 Å². The number of aromatic nitrogens is 2. The first-order chi connectivity index (χ1) is 13.6. The first kappa shape index (κ1) is 20.4. The molecule has 0 radical (unpaired) electrons. The predicted molar refractivity (Wildman–Crippen MR) is 112 cm³/mol. The third-order valence-corrected chi connectivity index (χ3v) is 4.73. The number of anilines is 2. The molecule has 0 amide bonds. The zero-order valence-electron chi connectivity index (χ0n) is 14.9. The third kappa shape index (κ3) is 5.33. The van der Waals surface area contributed by atoms with Gasteiger partial charge in [0.1, 0.15) is 18.0 Å². The summed E-state index contributed by atoms with van der Waals surface area (Å²) in [4.78, 5) is 8.42. The van der Waals surface area contributed by atoms with Crippen LogP contribution in [0.4, 0.5) is 11.6 Å². The summed E-state index contributed by atoms with van der Waals surface area (Å²) in [5, 5.41) is 27.1. The minimum Gasteiger partial charge on any atom is -0.394 e. The second kappa shape index (κ2) is 9.71. The van der Waals surface area contributed by atoms with E-state index in [1.54, 1.807) is 30.3 Å². The second-order valence-corrected chi connectivity index (χ2v) is 7.02. The molecule has 8 heteroatoms. The number of hydrogen-bond donors (Lipinski definition) is 4. The molecule has 2 unspecified atom stereocenters. The summed E-state index contributed by atoms with van der Waals surface area (Å²) in [5.41, 5.74) is 1.77. The van der Waals surface area contributed by atoms with Gasteiger partial charge in [-0.15, -0.1) is 0 Å². The Morgan fingerprint density at radius 2 is 1.11 bits per heavy atom. The highest BCUT2D eigenvalue weighted by Gasteiger charge is 2.14. The minimum atomic E-state index is -0.343. The number of hydrogen-bond acceptors (Lipinski definition) is 6. The standard InChI is InChI=1S/C20H20Cl2N4O2/c21-15-5-1-13(2-6-15)17(10-27)25-19-9-20(24-12-23-19)26-18(11-28)14-3-7-16(22)8-4-14/h1-9,12,17-18,27-28H,10-11H2,(H2,23,24,25,26). The normalized spacial score (nSPS) is 13.0. The lowest BCUT2D eigenvalue weighted by atomic mass is 10.1. The van der Waals surface area contributed by atoms with E-state index in [-0.39, 0.29) is 25.3 Å². The Morgan fingerprint density at radius 3 is 1.46 bits per heavy atom. The Kier molecular flexibility index (Phi) is 7.06. The van der Waals surface area contributed by atoms with Gasteiger partial charge >= 0.3 is 0 Å². The fourth-order valence-corrected chi connectivity index (χ4v) is 2.98. The Balaban J connectivity index is 1.73. The molecule has 0 aliphatic rings. The van der Waals surface area contributed by atoms with Gasteiger partial charge in [0, 0.05) is 16.1 Å². The molecule has 2 atom stereocenters. The lowest BCUT2D eigenvalue weighted by Gasteiger charge is -2.20. The van der Waals surface area contributed by atoms with Gasteiger partial charge in [-0.3, -0.25) is 0 Å². The van der Waals surface area contributed by atoms with Gasteiger partial charge in [-0.2, -0.15) is 0 Å². The second-order valence-electron chi connectivity index (χ2n) is 6.15. The van der Waals surface area contributed by atoms with Crippen molar-refractivity contribution in [2.45, 2.75) is 12.1 Å². The van der Waals surface area contributed by atoms with E-state index in [4.69, 9.17) is 23.2 Å². The average Bonchev–Trinajstić information content (AvgIpc) is 2.72. The van der Waals surface area contributed by atoms with Crippen LogP contribution < -0.4 is 10.6 Å². The Bertz CT molecular complexity index is 821. The van der Waals surface area contributed by atoms with Crippen molar-refractivity contribution < 1.29 is 10.2 Å². The summed E-state index contributed by atoms with van der Waals surface area (Å²) in [6, 6.07) is 15.5. The summed E-state index contributed by atoms with van der Waals surface area (Å²) >= 11 is 11.8. The molecule has 0 saturated carbocycles. The van der Waals surface area contributed by atoms with E-state index < -0.39 is 0 Å². The van der Waals surface area contributed by atoms with Crippen LogP contribution in [-0.2, 0) is 0 Å². The summed E-state index contributed by atoms with van der Waals surface area (Å²) in [6.45, 7) is -0.225. The van der Waals surface area contributed by atoms with Crippen LogP contribution in [0.1, 0.15) is 23.2 Å². The lowest BCUT2D eigenvalue weighted by molar-refractivity contribution is 0.276. The van der Waals surface area contributed by atoms with Crippen molar-refractivity contribution in [1.82, 2.24) is 9.97 Å². The quantitative estimate of drug-likeness (QED) is 0.440. The largest absolute Gasteiger partial charge is 0.394 e. The van der Waals surface area contributed by atoms with Crippen LogP contribution >= 0.6 is 23.2 Å². The maximum atomic E-state index is 9.74. The number of rotatable bonds is 8. The predicted octanol–water partition coefficient (Wildman–Crippen LogP) is 4.07. The van der Waals surface area contributed by atoms with Crippen LogP contribution in [0, 0.1) is 0 Å². The molecule has 1 heterocycles. The molecule has 0 aliphatic heterocycles. The maximum absolute atomic E-state index is 9.74. The number of aliphatic hydroxyl groups excluding tert-OH is 2. The van der Waals surface area contributed by atoms with Crippen molar-refractivity contribution in [3.63, 3.8) is 0 Å². The molecular weight excluding hydrogens is 399 g/mol. The fraction of sp³-hybridized carbons (Fsp3) is 0.200. The Hall–Kier alpha value is -2.38. The van der Waals surface area contributed by atoms with E-state index in [0.29, 0.717) is 21.7 Å². The number of halogens is 2. The molecule has 3 rings (SSSR count). The minimum absolute atomic E-state index is 0.113. The highest BCUT2D eigenvalue weighted by molar-refractivity contribution is 6.30. The van der Waals surface area contributed by atoms with E-state index >= 15 is 0 Å². The van der Waals surface area contributed by atoms with Gasteiger partial charge in [-0.1, -0.05) is 47.5 Å². The van der Waals surface area contributed by atoms with Crippen LogP contribution in [0.25, 0.3) is 0 Å². The molecule has 3 aromatic rings. The highest BCUT2D eigenvalue weighted by atomic mass is 35.5. The van der Waals surface area contributed by atoms with Crippen LogP contribution in [0.15, 0.2) is 60.9 Å². The first-order valence-corrected chi connectivity index (χ1v) is 9.42. The molecule has 2 aromatic carbocycles. The van der Waals surface area contributed by atoms with Gasteiger partial charge in [0.15, 0.2) is 0 Å². The van der Waals surface area contributed by atoms with Crippen LogP contribution in [0.2, 0.25) is 10.0 Å². The molecule has 0 saturated heterocycles. The molecule has 6 nitrogen and oxygen atoms in total. The van der Waals surface area contributed by atoms with Crippen LogP contribution in [0.3, 0.4) is 0 Å². The molecule has 146 valence electrons. The SMILES string of the molecule is OCC(Nc1cc(NC(CO)c2ccc(Cl)cc2)ncn1)c1ccc(Cl)cc1. The van der Waals surface area contributed by atoms with Gasteiger partial charge < -0.3 is 20.8 Å². The topological polar surface area (TPSA) is 90.3 Å². The number of nitrogens with zero attached hydrogens (tertiary/aromatic N) is 2. The molecule has 0 fully saturated rings. The molecule has 1 aromatic heterocycles. The zero-order chi connectivity index (χ0) is 19.9. The van der Waals surface area contributed by atoms with Gasteiger partial charge in [0.25, 0.3) is 0 Å². The molecule has 4 N–H and O–H groups in total. The van der Waals surface area contributed by atoms with Crippen LogP contribution in [-0.4, -0.2) is 33.4 Å². The van der Waals surface area contributed by atoms with Gasteiger partial charge in [0.2, 0.25) is 0 Å². The van der Waals surface area contributed by atoms with Gasteiger partial charge in [-0.25, -0.2) is 9.97 Å². The fourth-order valence-electron chi connectivity index (χ4n) is 2.73. The van der Waals surface area contributed by atoms with Gasteiger partial charge in [0.05, 0.1) is 25.3 Å². The third-order valence-electron chi connectivity index (χ3n) is 4.22. The maximum Gasteiger partial charge on any atom is 0.132 e. The number of aliphatic hydroxyl groups is 2. The molecular formula is C20H20Cl2N4O2. The molecule has 0 aliphatic carbocycles. The summed E-state index contributed by atoms with van der Waals surface area (Å²) < 4.78 is 0. The van der Waals surface area contributed by atoms with E-state index in [9.17, 15) is 10.2 Å². The molecule has 28 heavy (non-hydrogen) atoms. The first-order valence-electron chi connectivity index (χ1n) is 8.67. The highest BCUT2D eigenvalue weighted by Crippen LogP contribution is 2.23. The van der Waals surface area contributed by atoms with Crippen molar-refractivity contribution in [1.29, 1.82) is 0 Å². The number of nitrogens with one attached hydrogen (secondary N) is 2. The van der Waals surface area contributed by atoms with Crippen molar-refractivity contribution in [3.8, 4) is 0 Å². The van der Waals surface area contributed by atoms with E-state index in [2.05, 4.69) is 20.6 Å². The summed E-state index contributed by atoms with van der Waals surface area (Å²) in [5.74, 6) is 1.08. The van der Waals surface area contributed by atoms with Crippen molar-refractivity contribution in [2.75, 3.05) is 23.8 Å². The van der Waals surface area contributed by atoms with Crippen LogP contribution in [0.5, 0.6) is 0 Å². The van der Waals surface area contributed by atoms with Gasteiger partial charge in [-0.05, 0) is 35.4 Å². The summed E-state index contributed by atoms with van der Waals surface area (Å²) in [7, 11) is 0. The zero-order valence-corrected chi connectivity index (χ0v) is 16.4. The molecule has 0 spiro atoms. The van der Waals surface area contributed by atoms with E-state index in [0.717, 1.165) is 11.1 Å². The van der Waals surface area contributed by atoms with Crippen molar-refractivity contribution in [2.24, 2.45) is 0 Å². The average molecular weight is 419 g/mol.